The molecular formula is C9H3Cl3N4. The zero-order chi connectivity index (χ0) is 11.7. The van der Waals surface area contributed by atoms with Crippen molar-refractivity contribution in [2.75, 3.05) is 0 Å². The molecule has 0 spiro atoms. The van der Waals surface area contributed by atoms with Crippen molar-refractivity contribution in [1.82, 2.24) is 15.2 Å². The van der Waals surface area contributed by atoms with E-state index in [0.717, 1.165) is 0 Å². The third kappa shape index (κ3) is 1.85. The zero-order valence-corrected chi connectivity index (χ0v) is 9.90. The Kier molecular flexibility index (Phi) is 3.01. The van der Waals surface area contributed by atoms with E-state index >= 15 is 0 Å². The second-order valence-corrected chi connectivity index (χ2v) is 4.01. The molecule has 0 amide bonds. The van der Waals surface area contributed by atoms with Gasteiger partial charge >= 0.3 is 0 Å². The van der Waals surface area contributed by atoms with Crippen LogP contribution in [-0.4, -0.2) is 15.2 Å². The SMILES string of the molecule is N#Cc1n[nH]c(Cl)c1-c1nc(Cl)ccc1Cl. The number of aromatic amines is 1. The van der Waals surface area contributed by atoms with Gasteiger partial charge in [-0.2, -0.15) is 10.4 Å². The van der Waals surface area contributed by atoms with E-state index in [-0.39, 0.29) is 16.0 Å². The van der Waals surface area contributed by atoms with Gasteiger partial charge in [-0.25, -0.2) is 4.98 Å². The second-order valence-electron chi connectivity index (χ2n) is 2.84. The molecule has 80 valence electrons. The lowest BCUT2D eigenvalue weighted by atomic mass is 10.2. The van der Waals surface area contributed by atoms with E-state index in [1.165, 1.54) is 0 Å². The molecule has 1 N–H and O–H groups in total. The van der Waals surface area contributed by atoms with Crippen molar-refractivity contribution in [2.24, 2.45) is 0 Å². The van der Waals surface area contributed by atoms with Gasteiger partial charge in [-0.1, -0.05) is 34.8 Å². The van der Waals surface area contributed by atoms with E-state index < -0.39 is 0 Å². The number of rotatable bonds is 1. The van der Waals surface area contributed by atoms with Crippen LogP contribution in [-0.2, 0) is 0 Å². The lowest BCUT2D eigenvalue weighted by Crippen LogP contribution is -1.88. The van der Waals surface area contributed by atoms with Crippen molar-refractivity contribution in [1.29, 1.82) is 5.26 Å². The number of nitriles is 1. The minimum absolute atomic E-state index is 0.127. The van der Waals surface area contributed by atoms with Gasteiger partial charge in [-0.3, -0.25) is 5.10 Å². The van der Waals surface area contributed by atoms with Gasteiger partial charge < -0.3 is 0 Å². The maximum atomic E-state index is 8.86. The molecule has 0 radical (unpaired) electrons. The van der Waals surface area contributed by atoms with Crippen LogP contribution in [0.5, 0.6) is 0 Å². The molecule has 0 unspecified atom stereocenters. The molecule has 0 saturated heterocycles. The Morgan fingerprint density at radius 1 is 1.25 bits per heavy atom. The van der Waals surface area contributed by atoms with Crippen molar-refractivity contribution in [3.63, 3.8) is 0 Å². The van der Waals surface area contributed by atoms with Crippen LogP contribution in [0.1, 0.15) is 5.69 Å². The summed E-state index contributed by atoms with van der Waals surface area (Å²) in [7, 11) is 0. The van der Waals surface area contributed by atoms with Crippen LogP contribution in [0.15, 0.2) is 12.1 Å². The molecule has 7 heteroatoms. The maximum Gasteiger partial charge on any atom is 0.173 e. The van der Waals surface area contributed by atoms with Gasteiger partial charge in [0.2, 0.25) is 0 Å². The number of hydrogen-bond donors (Lipinski definition) is 1. The third-order valence-electron chi connectivity index (χ3n) is 1.88. The summed E-state index contributed by atoms with van der Waals surface area (Å²) in [4.78, 5) is 4.02. The Labute approximate surface area is 106 Å². The second kappa shape index (κ2) is 4.30. The molecular weight excluding hydrogens is 270 g/mol. The molecule has 16 heavy (non-hydrogen) atoms. The summed E-state index contributed by atoms with van der Waals surface area (Å²) in [6.07, 6.45) is 0. The standard InChI is InChI=1S/C9H3Cl3N4/c10-4-1-2-6(11)14-8(4)7-5(3-13)15-16-9(7)12/h1-2H,(H,15,16). The predicted molar refractivity (Wildman–Crippen MR) is 61.6 cm³/mol. The highest BCUT2D eigenvalue weighted by atomic mass is 35.5. The van der Waals surface area contributed by atoms with Gasteiger partial charge in [-0.05, 0) is 12.1 Å². The number of hydrogen-bond acceptors (Lipinski definition) is 3. The molecule has 2 heterocycles. The van der Waals surface area contributed by atoms with Crippen LogP contribution >= 0.6 is 34.8 Å². The van der Waals surface area contributed by atoms with E-state index in [9.17, 15) is 0 Å². The van der Waals surface area contributed by atoms with E-state index in [2.05, 4.69) is 15.2 Å². The average molecular weight is 274 g/mol. The largest absolute Gasteiger partial charge is 0.265 e. The number of nitrogens with one attached hydrogen (secondary N) is 1. The summed E-state index contributed by atoms with van der Waals surface area (Å²) in [6.45, 7) is 0. The van der Waals surface area contributed by atoms with E-state index in [1.54, 1.807) is 12.1 Å². The first kappa shape index (κ1) is 11.2. The predicted octanol–water partition coefficient (Wildman–Crippen LogP) is 3.30. The molecule has 0 aliphatic carbocycles. The molecule has 0 fully saturated rings. The number of halogens is 3. The molecule has 4 nitrogen and oxygen atoms in total. The monoisotopic (exact) mass is 272 g/mol. The molecule has 2 aromatic rings. The first-order valence-corrected chi connectivity index (χ1v) is 5.23. The van der Waals surface area contributed by atoms with Crippen LogP contribution in [0.25, 0.3) is 11.3 Å². The number of nitrogens with zero attached hydrogens (tertiary/aromatic N) is 3. The molecule has 0 saturated carbocycles. The van der Waals surface area contributed by atoms with Gasteiger partial charge in [0.15, 0.2) is 5.69 Å². The van der Waals surface area contributed by atoms with Gasteiger partial charge in [-0.15, -0.1) is 0 Å². The zero-order valence-electron chi connectivity index (χ0n) is 7.63. The van der Waals surface area contributed by atoms with E-state index in [4.69, 9.17) is 40.1 Å². The van der Waals surface area contributed by atoms with Gasteiger partial charge in [0.05, 0.1) is 16.3 Å². The highest BCUT2D eigenvalue weighted by molar-refractivity contribution is 6.36. The summed E-state index contributed by atoms with van der Waals surface area (Å²) in [5.41, 5.74) is 0.822. The van der Waals surface area contributed by atoms with Crippen LogP contribution in [0.4, 0.5) is 0 Å². The first-order valence-electron chi connectivity index (χ1n) is 4.10. The van der Waals surface area contributed by atoms with E-state index in [0.29, 0.717) is 16.3 Å². The highest BCUT2D eigenvalue weighted by Gasteiger charge is 2.18. The fourth-order valence-electron chi connectivity index (χ4n) is 1.21. The Morgan fingerprint density at radius 2 is 2.00 bits per heavy atom. The molecule has 0 atom stereocenters. The van der Waals surface area contributed by atoms with Crippen LogP contribution < -0.4 is 0 Å². The van der Waals surface area contributed by atoms with Gasteiger partial charge in [0.1, 0.15) is 16.4 Å². The quantitative estimate of drug-likeness (QED) is 0.811. The van der Waals surface area contributed by atoms with Crippen molar-refractivity contribution < 1.29 is 0 Å². The number of pyridine rings is 1. The third-order valence-corrected chi connectivity index (χ3v) is 2.67. The van der Waals surface area contributed by atoms with Gasteiger partial charge in [0, 0.05) is 0 Å². The molecule has 0 aromatic carbocycles. The average Bonchev–Trinajstić information content (AvgIpc) is 2.63. The summed E-state index contributed by atoms with van der Waals surface area (Å²) in [5, 5.41) is 15.9. The van der Waals surface area contributed by atoms with Crippen molar-refractivity contribution in [3.8, 4) is 17.3 Å². The molecule has 2 rings (SSSR count). The van der Waals surface area contributed by atoms with Crippen LogP contribution in [0.3, 0.4) is 0 Å². The fraction of sp³-hybridized carbons (Fsp3) is 0. The van der Waals surface area contributed by atoms with Crippen molar-refractivity contribution >= 4 is 34.8 Å². The molecule has 0 aliphatic heterocycles. The topological polar surface area (TPSA) is 65.4 Å². The Bertz CT molecular complexity index is 585. The molecule has 2 aromatic heterocycles. The normalized spacial score (nSPS) is 10.1. The smallest absolute Gasteiger partial charge is 0.173 e. The number of aromatic nitrogens is 3. The molecule has 0 bridgehead atoms. The first-order chi connectivity index (χ1) is 7.63. The Balaban J connectivity index is 2.72. The highest BCUT2D eigenvalue weighted by Crippen LogP contribution is 2.33. The summed E-state index contributed by atoms with van der Waals surface area (Å²) < 4.78 is 0. The number of H-pyrrole nitrogens is 1. The summed E-state index contributed by atoms with van der Waals surface area (Å²) in [6, 6.07) is 5.02. The van der Waals surface area contributed by atoms with E-state index in [1.807, 2.05) is 6.07 Å². The van der Waals surface area contributed by atoms with Crippen molar-refractivity contribution in [3.05, 3.63) is 33.2 Å². The van der Waals surface area contributed by atoms with Crippen LogP contribution in [0.2, 0.25) is 15.3 Å². The minimum atomic E-state index is 0.127. The maximum absolute atomic E-state index is 8.86. The van der Waals surface area contributed by atoms with Crippen molar-refractivity contribution in [2.45, 2.75) is 0 Å². The van der Waals surface area contributed by atoms with Crippen LogP contribution in [0, 0.1) is 11.3 Å². The summed E-state index contributed by atoms with van der Waals surface area (Å²) >= 11 is 17.6. The molecule has 0 aliphatic rings. The lowest BCUT2D eigenvalue weighted by Gasteiger charge is -2.01. The fourth-order valence-corrected chi connectivity index (χ4v) is 1.78. The van der Waals surface area contributed by atoms with Gasteiger partial charge in [0.25, 0.3) is 0 Å². The Hall–Kier alpha value is -1.28. The Morgan fingerprint density at radius 3 is 2.69 bits per heavy atom. The summed E-state index contributed by atoms with van der Waals surface area (Å²) in [5.74, 6) is 0. The minimum Gasteiger partial charge on any atom is -0.265 e. The lowest BCUT2D eigenvalue weighted by molar-refractivity contribution is 1.07.